The van der Waals surface area contributed by atoms with E-state index < -0.39 is 0 Å². The number of rotatable bonds is 3. The van der Waals surface area contributed by atoms with Gasteiger partial charge in [-0.25, -0.2) is 9.97 Å². The molecular formula is C20H17ClN4O. The van der Waals surface area contributed by atoms with Crippen molar-refractivity contribution in [1.82, 2.24) is 9.97 Å². The van der Waals surface area contributed by atoms with Gasteiger partial charge in [0.05, 0.1) is 5.52 Å². The molecule has 0 aliphatic carbocycles. The fourth-order valence-corrected chi connectivity index (χ4v) is 3.46. The third kappa shape index (κ3) is 3.02. The summed E-state index contributed by atoms with van der Waals surface area (Å²) in [4.78, 5) is 22.7. The van der Waals surface area contributed by atoms with E-state index in [0.29, 0.717) is 10.7 Å². The number of carbonyl (C=O) groups is 1. The number of halogens is 1. The van der Waals surface area contributed by atoms with E-state index in [1.54, 1.807) is 6.33 Å². The number of anilines is 3. The summed E-state index contributed by atoms with van der Waals surface area (Å²) >= 11 is 6.23. The second-order valence-corrected chi connectivity index (χ2v) is 6.59. The Morgan fingerprint density at radius 1 is 1.23 bits per heavy atom. The Bertz CT molecular complexity index is 1020. The van der Waals surface area contributed by atoms with Gasteiger partial charge in [-0.2, -0.15) is 0 Å². The summed E-state index contributed by atoms with van der Waals surface area (Å²) in [6.45, 7) is 4.34. The Kier molecular flexibility index (Phi) is 4.31. The van der Waals surface area contributed by atoms with Crippen molar-refractivity contribution in [2.75, 3.05) is 16.8 Å². The molecule has 0 saturated heterocycles. The van der Waals surface area contributed by atoms with Gasteiger partial charge in [0.25, 0.3) is 0 Å². The van der Waals surface area contributed by atoms with E-state index in [2.05, 4.69) is 32.8 Å². The Hall–Kier alpha value is -2.92. The first kappa shape index (κ1) is 16.5. The highest BCUT2D eigenvalue weighted by Crippen LogP contribution is 2.37. The van der Waals surface area contributed by atoms with Gasteiger partial charge in [-0.3, -0.25) is 4.79 Å². The van der Waals surface area contributed by atoms with Crippen LogP contribution in [0.25, 0.3) is 10.9 Å². The lowest BCUT2D eigenvalue weighted by atomic mass is 10.0. The molecule has 5 nitrogen and oxygen atoms in total. The normalized spacial score (nSPS) is 13.3. The van der Waals surface area contributed by atoms with Crippen LogP contribution >= 0.6 is 11.6 Å². The van der Waals surface area contributed by atoms with Gasteiger partial charge in [0, 0.05) is 28.3 Å². The van der Waals surface area contributed by atoms with E-state index in [-0.39, 0.29) is 5.91 Å². The molecule has 1 aliphatic rings. The number of hydrogen-bond acceptors (Lipinski definition) is 4. The van der Waals surface area contributed by atoms with Crippen LogP contribution in [0.15, 0.2) is 55.4 Å². The van der Waals surface area contributed by atoms with Gasteiger partial charge in [-0.05, 0) is 54.8 Å². The van der Waals surface area contributed by atoms with Crippen molar-refractivity contribution in [1.29, 1.82) is 0 Å². The number of nitrogens with one attached hydrogen (secondary N) is 1. The standard InChI is InChI=1S/C20H17ClN4O/c1-2-19(26)24-15-7-8-17-16(11-15)20(23-12-22-17)25-9-3-4-13-5-6-14(21)10-18(13)25/h2,5-8,10-12H,1,3-4,9H2,(H,24,26). The Morgan fingerprint density at radius 3 is 2.96 bits per heavy atom. The molecule has 4 rings (SSSR count). The maximum Gasteiger partial charge on any atom is 0.247 e. The van der Waals surface area contributed by atoms with Crippen LogP contribution in [-0.4, -0.2) is 22.4 Å². The SMILES string of the molecule is C=CC(=O)Nc1ccc2ncnc(N3CCCc4ccc(Cl)cc43)c2c1. The van der Waals surface area contributed by atoms with Crippen LogP contribution in [0, 0.1) is 0 Å². The highest BCUT2D eigenvalue weighted by atomic mass is 35.5. The average molecular weight is 365 g/mol. The summed E-state index contributed by atoms with van der Waals surface area (Å²) in [7, 11) is 0. The molecule has 0 unspecified atom stereocenters. The van der Waals surface area contributed by atoms with Gasteiger partial charge in [-0.15, -0.1) is 0 Å². The van der Waals surface area contributed by atoms with Crippen LogP contribution in [0.3, 0.4) is 0 Å². The monoisotopic (exact) mass is 364 g/mol. The molecule has 0 fully saturated rings. The largest absolute Gasteiger partial charge is 0.325 e. The molecule has 6 heteroatoms. The lowest BCUT2D eigenvalue weighted by Crippen LogP contribution is -2.25. The fourth-order valence-electron chi connectivity index (χ4n) is 3.30. The van der Waals surface area contributed by atoms with Crippen molar-refractivity contribution >= 4 is 45.6 Å². The second-order valence-electron chi connectivity index (χ2n) is 6.15. The van der Waals surface area contributed by atoms with Crippen molar-refractivity contribution in [2.45, 2.75) is 12.8 Å². The average Bonchev–Trinajstić information content (AvgIpc) is 2.67. The minimum atomic E-state index is -0.252. The van der Waals surface area contributed by atoms with E-state index in [1.807, 2.05) is 30.3 Å². The number of aromatic nitrogens is 2. The van der Waals surface area contributed by atoms with Crippen molar-refractivity contribution < 1.29 is 4.79 Å². The van der Waals surface area contributed by atoms with E-state index >= 15 is 0 Å². The third-order valence-corrected chi connectivity index (χ3v) is 4.72. The first-order valence-electron chi connectivity index (χ1n) is 8.40. The summed E-state index contributed by atoms with van der Waals surface area (Å²) in [5.41, 5.74) is 3.83. The van der Waals surface area contributed by atoms with Crippen molar-refractivity contribution in [3.63, 3.8) is 0 Å². The predicted molar refractivity (Wildman–Crippen MR) is 105 cm³/mol. The van der Waals surface area contributed by atoms with E-state index in [1.165, 1.54) is 11.6 Å². The maximum absolute atomic E-state index is 11.6. The summed E-state index contributed by atoms with van der Waals surface area (Å²) < 4.78 is 0. The highest BCUT2D eigenvalue weighted by Gasteiger charge is 2.21. The lowest BCUT2D eigenvalue weighted by Gasteiger charge is -2.31. The zero-order valence-electron chi connectivity index (χ0n) is 14.1. The van der Waals surface area contributed by atoms with Gasteiger partial charge in [0.1, 0.15) is 12.1 Å². The number of nitrogens with zero attached hydrogens (tertiary/aromatic N) is 3. The number of aryl methyl sites for hydroxylation is 1. The van der Waals surface area contributed by atoms with E-state index in [4.69, 9.17) is 11.6 Å². The van der Waals surface area contributed by atoms with Crippen LogP contribution in [0.5, 0.6) is 0 Å². The Morgan fingerprint density at radius 2 is 2.12 bits per heavy atom. The molecule has 2 aromatic carbocycles. The molecule has 0 saturated carbocycles. The molecule has 0 bridgehead atoms. The Labute approximate surface area is 156 Å². The minimum absolute atomic E-state index is 0.252. The number of benzene rings is 2. The molecule has 1 aromatic heterocycles. The molecule has 1 amide bonds. The molecule has 0 spiro atoms. The molecule has 130 valence electrons. The van der Waals surface area contributed by atoms with Gasteiger partial charge in [0.2, 0.25) is 5.91 Å². The lowest BCUT2D eigenvalue weighted by molar-refractivity contribution is -0.111. The predicted octanol–water partition coefficient (Wildman–Crippen LogP) is 4.49. The van der Waals surface area contributed by atoms with Crippen LogP contribution in [0.2, 0.25) is 5.02 Å². The van der Waals surface area contributed by atoms with Crippen molar-refractivity contribution in [3.8, 4) is 0 Å². The molecule has 1 N–H and O–H groups in total. The van der Waals surface area contributed by atoms with Crippen LogP contribution in [0.4, 0.5) is 17.2 Å². The number of hydrogen-bond donors (Lipinski definition) is 1. The summed E-state index contributed by atoms with van der Waals surface area (Å²) in [6, 6.07) is 11.6. The van der Waals surface area contributed by atoms with Crippen LogP contribution < -0.4 is 10.2 Å². The summed E-state index contributed by atoms with van der Waals surface area (Å²) in [5, 5.41) is 4.37. The van der Waals surface area contributed by atoms with Crippen molar-refractivity contribution in [3.05, 3.63) is 66.0 Å². The van der Waals surface area contributed by atoms with E-state index in [0.717, 1.165) is 41.8 Å². The minimum Gasteiger partial charge on any atom is -0.325 e. The molecule has 0 radical (unpaired) electrons. The molecule has 26 heavy (non-hydrogen) atoms. The zero-order valence-corrected chi connectivity index (χ0v) is 14.8. The maximum atomic E-state index is 11.6. The van der Waals surface area contributed by atoms with E-state index in [9.17, 15) is 4.79 Å². The smallest absolute Gasteiger partial charge is 0.247 e. The third-order valence-electron chi connectivity index (χ3n) is 4.49. The number of carbonyl (C=O) groups excluding carboxylic acids is 1. The topological polar surface area (TPSA) is 58.1 Å². The number of fused-ring (bicyclic) bond motifs is 2. The van der Waals surface area contributed by atoms with Crippen molar-refractivity contribution in [2.24, 2.45) is 0 Å². The van der Waals surface area contributed by atoms with Gasteiger partial charge in [-0.1, -0.05) is 24.2 Å². The molecule has 0 atom stereocenters. The quantitative estimate of drug-likeness (QED) is 0.695. The summed E-state index contributed by atoms with van der Waals surface area (Å²) in [5.74, 6) is 0.561. The molecule has 3 aromatic rings. The zero-order chi connectivity index (χ0) is 18.1. The second kappa shape index (κ2) is 6.77. The molecule has 1 aliphatic heterocycles. The molecule has 2 heterocycles. The summed E-state index contributed by atoms with van der Waals surface area (Å²) in [6.07, 6.45) is 4.87. The van der Waals surface area contributed by atoms with Gasteiger partial charge >= 0.3 is 0 Å². The van der Waals surface area contributed by atoms with Gasteiger partial charge < -0.3 is 10.2 Å². The molecular weight excluding hydrogens is 348 g/mol. The van der Waals surface area contributed by atoms with Gasteiger partial charge in [0.15, 0.2) is 0 Å². The Balaban J connectivity index is 1.84. The number of amides is 1. The highest BCUT2D eigenvalue weighted by molar-refractivity contribution is 6.31. The fraction of sp³-hybridized carbons (Fsp3) is 0.150. The van der Waals surface area contributed by atoms with Crippen LogP contribution in [-0.2, 0) is 11.2 Å². The van der Waals surface area contributed by atoms with Crippen LogP contribution in [0.1, 0.15) is 12.0 Å². The first-order valence-corrected chi connectivity index (χ1v) is 8.77. The first-order chi connectivity index (χ1) is 12.7.